The van der Waals surface area contributed by atoms with Gasteiger partial charge in [0.25, 0.3) is 0 Å². The van der Waals surface area contributed by atoms with Crippen molar-refractivity contribution < 1.29 is 4.74 Å². The van der Waals surface area contributed by atoms with Gasteiger partial charge in [-0.15, -0.1) is 0 Å². The number of anilines is 2. The maximum absolute atomic E-state index is 5.49. The van der Waals surface area contributed by atoms with Crippen molar-refractivity contribution in [3.63, 3.8) is 0 Å². The third-order valence-electron chi connectivity index (χ3n) is 6.91. The quantitative estimate of drug-likeness (QED) is 0.815. The van der Waals surface area contributed by atoms with Crippen molar-refractivity contribution in [3.05, 3.63) is 58.7 Å². The molecule has 5 rings (SSSR count). The molecule has 3 heterocycles. The predicted octanol–water partition coefficient (Wildman–Crippen LogP) is 3.31. The summed E-state index contributed by atoms with van der Waals surface area (Å²) in [5.74, 6) is 0. The normalized spacial score (nSPS) is 21.5. The molecular formula is C25H34N4O. The molecule has 2 fully saturated rings. The second-order valence-corrected chi connectivity index (χ2v) is 9.42. The van der Waals surface area contributed by atoms with Gasteiger partial charge in [0.15, 0.2) is 0 Å². The Labute approximate surface area is 180 Å². The lowest BCUT2D eigenvalue weighted by Crippen LogP contribution is -2.42. The van der Waals surface area contributed by atoms with Crippen LogP contribution in [-0.2, 0) is 23.2 Å². The third-order valence-corrected chi connectivity index (χ3v) is 6.91. The summed E-state index contributed by atoms with van der Waals surface area (Å²) in [6, 6.07) is 14.0. The van der Waals surface area contributed by atoms with Crippen LogP contribution < -0.4 is 10.6 Å². The molecule has 0 amide bonds. The van der Waals surface area contributed by atoms with Crippen molar-refractivity contribution in [1.29, 1.82) is 0 Å². The molecule has 0 aliphatic carbocycles. The standard InChI is InChI=1S/C25H34N4O/c1-25(2)21-5-3-20(18-29-11-13-30-14-12-29)16-24(21)27-23-6-4-19(15-22(23)25)17-28-9-7-26-8-10-28/h3-6,15-16,26-27H,7-14,17-18H2,1-2H3. The second kappa shape index (κ2) is 8.31. The maximum Gasteiger partial charge on any atom is 0.0594 e. The minimum absolute atomic E-state index is 0.00707. The van der Waals surface area contributed by atoms with Crippen molar-refractivity contribution in [3.8, 4) is 0 Å². The topological polar surface area (TPSA) is 39.8 Å². The first kappa shape index (κ1) is 20.0. The molecule has 3 aliphatic heterocycles. The van der Waals surface area contributed by atoms with Crippen LogP contribution >= 0.6 is 0 Å². The molecule has 0 spiro atoms. The summed E-state index contributed by atoms with van der Waals surface area (Å²) < 4.78 is 5.49. The maximum atomic E-state index is 5.49. The van der Waals surface area contributed by atoms with E-state index in [9.17, 15) is 0 Å². The molecule has 2 aromatic carbocycles. The van der Waals surface area contributed by atoms with E-state index in [1.165, 1.54) is 33.6 Å². The third kappa shape index (κ3) is 4.00. The minimum atomic E-state index is -0.00707. The van der Waals surface area contributed by atoms with E-state index in [0.29, 0.717) is 0 Å². The van der Waals surface area contributed by atoms with Crippen molar-refractivity contribution in [2.75, 3.05) is 57.8 Å². The summed E-state index contributed by atoms with van der Waals surface area (Å²) in [7, 11) is 0. The predicted molar refractivity (Wildman–Crippen MR) is 123 cm³/mol. The van der Waals surface area contributed by atoms with Crippen molar-refractivity contribution in [2.45, 2.75) is 32.4 Å². The van der Waals surface area contributed by atoms with Crippen LogP contribution in [0.2, 0.25) is 0 Å². The second-order valence-electron chi connectivity index (χ2n) is 9.42. The highest BCUT2D eigenvalue weighted by Gasteiger charge is 2.33. The Morgan fingerprint density at radius 2 is 1.47 bits per heavy atom. The molecule has 2 aromatic rings. The van der Waals surface area contributed by atoms with Crippen LogP contribution in [0, 0.1) is 0 Å². The molecule has 2 saturated heterocycles. The van der Waals surface area contributed by atoms with E-state index in [0.717, 1.165) is 65.6 Å². The van der Waals surface area contributed by atoms with Gasteiger partial charge in [-0.1, -0.05) is 38.1 Å². The van der Waals surface area contributed by atoms with E-state index in [-0.39, 0.29) is 5.41 Å². The lowest BCUT2D eigenvalue weighted by atomic mass is 9.73. The SMILES string of the molecule is CC1(C)c2ccc(CN3CCOCC3)cc2Nc2ccc(CN3CCNCC3)cc21. The van der Waals surface area contributed by atoms with E-state index < -0.39 is 0 Å². The molecule has 5 heteroatoms. The highest BCUT2D eigenvalue weighted by atomic mass is 16.5. The number of ether oxygens (including phenoxy) is 1. The van der Waals surface area contributed by atoms with Gasteiger partial charge in [0, 0.05) is 69.1 Å². The van der Waals surface area contributed by atoms with Gasteiger partial charge in [-0.05, 0) is 34.4 Å². The van der Waals surface area contributed by atoms with Crippen molar-refractivity contribution >= 4 is 11.4 Å². The van der Waals surface area contributed by atoms with Crippen LogP contribution in [0.4, 0.5) is 11.4 Å². The minimum Gasteiger partial charge on any atom is -0.379 e. The Kier molecular flexibility index (Phi) is 5.54. The van der Waals surface area contributed by atoms with Gasteiger partial charge in [-0.25, -0.2) is 0 Å². The number of rotatable bonds is 4. The molecular weight excluding hydrogens is 372 g/mol. The number of hydrogen-bond acceptors (Lipinski definition) is 5. The highest BCUT2D eigenvalue weighted by Crippen LogP contribution is 2.46. The van der Waals surface area contributed by atoms with Crippen molar-refractivity contribution in [2.24, 2.45) is 0 Å². The van der Waals surface area contributed by atoms with Gasteiger partial charge < -0.3 is 15.4 Å². The number of nitrogens with one attached hydrogen (secondary N) is 2. The van der Waals surface area contributed by atoms with Crippen LogP contribution in [0.5, 0.6) is 0 Å². The highest BCUT2D eigenvalue weighted by molar-refractivity contribution is 5.76. The summed E-state index contributed by atoms with van der Waals surface area (Å²) in [5, 5.41) is 7.18. The molecule has 0 aromatic heterocycles. The van der Waals surface area contributed by atoms with E-state index in [2.05, 4.69) is 70.7 Å². The summed E-state index contributed by atoms with van der Waals surface area (Å²) >= 11 is 0. The molecule has 0 radical (unpaired) electrons. The van der Waals surface area contributed by atoms with Gasteiger partial charge in [0.05, 0.1) is 13.2 Å². The average Bonchev–Trinajstić information content (AvgIpc) is 2.76. The monoisotopic (exact) mass is 406 g/mol. The van der Waals surface area contributed by atoms with Crippen LogP contribution in [0.3, 0.4) is 0 Å². The van der Waals surface area contributed by atoms with Crippen molar-refractivity contribution in [1.82, 2.24) is 15.1 Å². The number of piperazine rings is 1. The number of benzene rings is 2. The first-order valence-corrected chi connectivity index (χ1v) is 11.4. The largest absolute Gasteiger partial charge is 0.379 e. The van der Waals surface area contributed by atoms with Gasteiger partial charge >= 0.3 is 0 Å². The zero-order chi connectivity index (χ0) is 20.6. The zero-order valence-corrected chi connectivity index (χ0v) is 18.3. The van der Waals surface area contributed by atoms with Gasteiger partial charge in [0.1, 0.15) is 0 Å². The zero-order valence-electron chi connectivity index (χ0n) is 18.3. The molecule has 2 N–H and O–H groups in total. The Morgan fingerprint density at radius 3 is 2.23 bits per heavy atom. The van der Waals surface area contributed by atoms with E-state index in [4.69, 9.17) is 4.74 Å². The first-order valence-electron chi connectivity index (χ1n) is 11.4. The van der Waals surface area contributed by atoms with Gasteiger partial charge in [0.2, 0.25) is 0 Å². The number of nitrogens with zero attached hydrogens (tertiary/aromatic N) is 2. The number of morpholine rings is 1. The van der Waals surface area contributed by atoms with Crippen LogP contribution in [0.15, 0.2) is 36.4 Å². The molecule has 3 aliphatic rings. The van der Waals surface area contributed by atoms with E-state index in [1.54, 1.807) is 0 Å². The first-order chi connectivity index (χ1) is 14.6. The lowest BCUT2D eigenvalue weighted by Gasteiger charge is -2.37. The van der Waals surface area contributed by atoms with E-state index >= 15 is 0 Å². The summed E-state index contributed by atoms with van der Waals surface area (Å²) in [5.41, 5.74) is 8.08. The number of hydrogen-bond donors (Lipinski definition) is 2. The molecule has 30 heavy (non-hydrogen) atoms. The Balaban J connectivity index is 1.38. The summed E-state index contributed by atoms with van der Waals surface area (Å²) in [6.45, 7) is 15.0. The summed E-state index contributed by atoms with van der Waals surface area (Å²) in [4.78, 5) is 5.03. The molecule has 0 atom stereocenters. The van der Waals surface area contributed by atoms with Crippen LogP contribution in [-0.4, -0.2) is 62.3 Å². The molecule has 0 unspecified atom stereocenters. The molecule has 0 saturated carbocycles. The van der Waals surface area contributed by atoms with Crippen LogP contribution in [0.25, 0.3) is 0 Å². The molecule has 0 bridgehead atoms. The fourth-order valence-electron chi connectivity index (χ4n) is 5.09. The van der Waals surface area contributed by atoms with Gasteiger partial charge in [-0.2, -0.15) is 0 Å². The summed E-state index contributed by atoms with van der Waals surface area (Å²) in [6.07, 6.45) is 0. The fraction of sp³-hybridized carbons (Fsp3) is 0.520. The van der Waals surface area contributed by atoms with Crippen LogP contribution in [0.1, 0.15) is 36.1 Å². The number of fused-ring (bicyclic) bond motifs is 2. The Hall–Kier alpha value is -1.92. The Bertz CT molecular complexity index is 898. The smallest absolute Gasteiger partial charge is 0.0594 e. The van der Waals surface area contributed by atoms with E-state index in [1.807, 2.05) is 0 Å². The average molecular weight is 407 g/mol. The molecule has 5 nitrogen and oxygen atoms in total. The molecule has 160 valence electrons. The Morgan fingerprint density at radius 1 is 0.800 bits per heavy atom. The fourth-order valence-corrected chi connectivity index (χ4v) is 5.09. The van der Waals surface area contributed by atoms with Gasteiger partial charge in [-0.3, -0.25) is 9.80 Å². The lowest BCUT2D eigenvalue weighted by molar-refractivity contribution is 0.0342.